The van der Waals surface area contributed by atoms with Crippen LogP contribution in [0, 0.1) is 19.8 Å². The van der Waals surface area contributed by atoms with E-state index in [0.29, 0.717) is 0 Å². The molecule has 17 heavy (non-hydrogen) atoms. The quantitative estimate of drug-likeness (QED) is 0.795. The number of benzene rings is 1. The van der Waals surface area contributed by atoms with Crippen molar-refractivity contribution in [2.24, 2.45) is 5.92 Å². The van der Waals surface area contributed by atoms with Gasteiger partial charge in [-0.15, -0.1) is 0 Å². The fourth-order valence-corrected chi connectivity index (χ4v) is 2.54. The van der Waals surface area contributed by atoms with Crippen molar-refractivity contribution >= 4 is 5.78 Å². The molecule has 0 saturated heterocycles. The lowest BCUT2D eigenvalue weighted by molar-refractivity contribution is -0.124. The highest BCUT2D eigenvalue weighted by atomic mass is 16.5. The van der Waals surface area contributed by atoms with Crippen LogP contribution in [-0.4, -0.2) is 12.4 Å². The Morgan fingerprint density at radius 2 is 1.76 bits per heavy atom. The molecule has 2 heteroatoms. The van der Waals surface area contributed by atoms with Crippen LogP contribution in [0.5, 0.6) is 5.75 Å². The second kappa shape index (κ2) is 5.35. The van der Waals surface area contributed by atoms with Gasteiger partial charge in [-0.25, -0.2) is 0 Å². The van der Waals surface area contributed by atoms with Crippen LogP contribution in [0.15, 0.2) is 18.2 Å². The molecule has 1 saturated carbocycles. The van der Waals surface area contributed by atoms with Gasteiger partial charge in [-0.1, -0.05) is 18.9 Å². The second-order valence-corrected chi connectivity index (χ2v) is 5.06. The van der Waals surface area contributed by atoms with E-state index < -0.39 is 0 Å². The maximum absolute atomic E-state index is 11.9. The molecular weight excluding hydrogens is 212 g/mol. The largest absolute Gasteiger partial charge is 0.486 e. The van der Waals surface area contributed by atoms with Crippen LogP contribution in [0.1, 0.15) is 36.8 Å². The molecule has 1 aromatic rings. The Morgan fingerprint density at radius 1 is 1.18 bits per heavy atom. The zero-order chi connectivity index (χ0) is 12.3. The van der Waals surface area contributed by atoms with Crippen LogP contribution in [0.3, 0.4) is 0 Å². The van der Waals surface area contributed by atoms with Gasteiger partial charge in [-0.3, -0.25) is 4.79 Å². The molecule has 0 aromatic heterocycles. The highest BCUT2D eigenvalue weighted by molar-refractivity contribution is 5.82. The van der Waals surface area contributed by atoms with Crippen molar-refractivity contribution in [3.8, 4) is 5.75 Å². The fraction of sp³-hybridized carbons (Fsp3) is 0.533. The van der Waals surface area contributed by atoms with Gasteiger partial charge in [-0.05, 0) is 49.9 Å². The Morgan fingerprint density at radius 3 is 2.35 bits per heavy atom. The first-order chi connectivity index (χ1) is 8.15. The SMILES string of the molecule is Cc1cc(C)cc(OCC(=O)C2CCCC2)c1. The summed E-state index contributed by atoms with van der Waals surface area (Å²) in [4.78, 5) is 11.9. The molecular formula is C15H20O2. The van der Waals surface area contributed by atoms with Crippen LogP contribution >= 0.6 is 0 Å². The summed E-state index contributed by atoms with van der Waals surface area (Å²) in [5.74, 6) is 1.33. The molecule has 0 aliphatic heterocycles. The van der Waals surface area contributed by atoms with Gasteiger partial charge in [0.25, 0.3) is 0 Å². The molecule has 1 aromatic carbocycles. The molecule has 0 heterocycles. The van der Waals surface area contributed by atoms with E-state index in [4.69, 9.17) is 4.74 Å². The highest BCUT2D eigenvalue weighted by Crippen LogP contribution is 2.26. The Hall–Kier alpha value is -1.31. The molecule has 0 spiro atoms. The number of hydrogen-bond donors (Lipinski definition) is 0. The lowest BCUT2D eigenvalue weighted by atomic mass is 10.0. The minimum Gasteiger partial charge on any atom is -0.486 e. The van der Waals surface area contributed by atoms with Gasteiger partial charge in [-0.2, -0.15) is 0 Å². The Kier molecular flexibility index (Phi) is 3.82. The number of carbonyl (C=O) groups is 1. The van der Waals surface area contributed by atoms with Crippen molar-refractivity contribution in [2.45, 2.75) is 39.5 Å². The molecule has 0 radical (unpaired) electrons. The van der Waals surface area contributed by atoms with Crippen LogP contribution in [-0.2, 0) is 4.79 Å². The number of Topliss-reactive ketones (excluding diaryl/α,β-unsaturated/α-hetero) is 1. The van der Waals surface area contributed by atoms with Crippen molar-refractivity contribution < 1.29 is 9.53 Å². The van der Waals surface area contributed by atoms with Crippen LogP contribution in [0.2, 0.25) is 0 Å². The summed E-state index contributed by atoms with van der Waals surface area (Å²) >= 11 is 0. The average molecular weight is 232 g/mol. The summed E-state index contributed by atoms with van der Waals surface area (Å²) in [5.41, 5.74) is 2.35. The first-order valence-electron chi connectivity index (χ1n) is 6.39. The third-order valence-electron chi connectivity index (χ3n) is 3.39. The lowest BCUT2D eigenvalue weighted by Gasteiger charge is -2.10. The number of ether oxygens (including phenoxy) is 1. The maximum Gasteiger partial charge on any atom is 0.173 e. The summed E-state index contributed by atoms with van der Waals surface area (Å²) in [5, 5.41) is 0. The van der Waals surface area contributed by atoms with Gasteiger partial charge in [0.15, 0.2) is 5.78 Å². The Bertz CT molecular complexity index is 383. The van der Waals surface area contributed by atoms with E-state index in [9.17, 15) is 4.79 Å². The summed E-state index contributed by atoms with van der Waals surface area (Å²) in [6.45, 7) is 4.31. The first-order valence-corrected chi connectivity index (χ1v) is 6.39. The number of carbonyl (C=O) groups excluding carboxylic acids is 1. The summed E-state index contributed by atoms with van der Waals surface area (Å²) < 4.78 is 5.59. The molecule has 2 nitrogen and oxygen atoms in total. The van der Waals surface area contributed by atoms with Crippen molar-refractivity contribution in [2.75, 3.05) is 6.61 Å². The monoisotopic (exact) mass is 232 g/mol. The third kappa shape index (κ3) is 3.32. The van der Waals surface area contributed by atoms with E-state index in [1.165, 1.54) is 24.0 Å². The topological polar surface area (TPSA) is 26.3 Å². The predicted octanol–water partition coefficient (Wildman–Crippen LogP) is 3.44. The van der Waals surface area contributed by atoms with E-state index >= 15 is 0 Å². The number of ketones is 1. The number of rotatable bonds is 4. The number of hydrogen-bond acceptors (Lipinski definition) is 2. The van der Waals surface area contributed by atoms with E-state index in [-0.39, 0.29) is 18.3 Å². The molecule has 1 aliphatic carbocycles. The normalized spacial score (nSPS) is 16.1. The number of aryl methyl sites for hydroxylation is 2. The molecule has 0 amide bonds. The van der Waals surface area contributed by atoms with Crippen molar-refractivity contribution in [3.05, 3.63) is 29.3 Å². The Labute approximate surface area is 103 Å². The molecule has 0 bridgehead atoms. The standard InChI is InChI=1S/C15H20O2/c1-11-7-12(2)9-14(8-11)17-10-15(16)13-5-3-4-6-13/h7-9,13H,3-6,10H2,1-2H3. The zero-order valence-corrected chi connectivity index (χ0v) is 10.7. The minimum absolute atomic E-state index is 0.230. The maximum atomic E-state index is 11.9. The lowest BCUT2D eigenvalue weighted by Crippen LogP contribution is -2.19. The van der Waals surface area contributed by atoms with Gasteiger partial charge < -0.3 is 4.74 Å². The molecule has 0 unspecified atom stereocenters. The summed E-state index contributed by atoms with van der Waals surface area (Å²) in [6, 6.07) is 6.06. The van der Waals surface area contributed by atoms with Crippen LogP contribution in [0.4, 0.5) is 0 Å². The van der Waals surface area contributed by atoms with E-state index in [2.05, 4.69) is 6.07 Å². The summed E-state index contributed by atoms with van der Waals surface area (Å²) in [7, 11) is 0. The van der Waals surface area contributed by atoms with Crippen molar-refractivity contribution in [1.82, 2.24) is 0 Å². The van der Waals surface area contributed by atoms with Gasteiger partial charge >= 0.3 is 0 Å². The van der Waals surface area contributed by atoms with E-state index in [1.807, 2.05) is 26.0 Å². The van der Waals surface area contributed by atoms with E-state index in [0.717, 1.165) is 18.6 Å². The van der Waals surface area contributed by atoms with Gasteiger partial charge in [0.05, 0.1) is 0 Å². The van der Waals surface area contributed by atoms with Crippen molar-refractivity contribution in [3.63, 3.8) is 0 Å². The fourth-order valence-electron chi connectivity index (χ4n) is 2.54. The average Bonchev–Trinajstić information content (AvgIpc) is 2.78. The van der Waals surface area contributed by atoms with Gasteiger partial charge in [0.2, 0.25) is 0 Å². The van der Waals surface area contributed by atoms with Crippen LogP contribution < -0.4 is 4.74 Å². The zero-order valence-electron chi connectivity index (χ0n) is 10.7. The first kappa shape index (κ1) is 12.2. The molecule has 1 fully saturated rings. The molecule has 1 aliphatic rings. The van der Waals surface area contributed by atoms with Crippen LogP contribution in [0.25, 0.3) is 0 Å². The van der Waals surface area contributed by atoms with Gasteiger partial charge in [0.1, 0.15) is 12.4 Å². The molecule has 2 rings (SSSR count). The highest BCUT2D eigenvalue weighted by Gasteiger charge is 2.22. The Balaban J connectivity index is 1.90. The molecule has 0 atom stereocenters. The predicted molar refractivity (Wildman–Crippen MR) is 68.4 cm³/mol. The second-order valence-electron chi connectivity index (χ2n) is 5.06. The molecule has 92 valence electrons. The van der Waals surface area contributed by atoms with Crippen molar-refractivity contribution in [1.29, 1.82) is 0 Å². The third-order valence-corrected chi connectivity index (χ3v) is 3.39. The van der Waals surface area contributed by atoms with Gasteiger partial charge in [0, 0.05) is 5.92 Å². The summed E-state index contributed by atoms with van der Waals surface area (Å²) in [6.07, 6.45) is 4.49. The smallest absolute Gasteiger partial charge is 0.173 e. The minimum atomic E-state index is 0.230. The molecule has 0 N–H and O–H groups in total. The van der Waals surface area contributed by atoms with E-state index in [1.54, 1.807) is 0 Å².